The van der Waals surface area contributed by atoms with Crippen LogP contribution in [0.2, 0.25) is 0 Å². The number of aromatic amines is 1. The van der Waals surface area contributed by atoms with E-state index in [-0.39, 0.29) is 23.9 Å². The number of aryl methyl sites for hydroxylation is 1. The highest BCUT2D eigenvalue weighted by Gasteiger charge is 2.21. The molecule has 0 saturated carbocycles. The fraction of sp³-hybridized carbons (Fsp3) is 0.278. The van der Waals surface area contributed by atoms with Crippen LogP contribution in [0.4, 0.5) is 0 Å². The Morgan fingerprint density at radius 1 is 1.29 bits per heavy atom. The fourth-order valence-corrected chi connectivity index (χ4v) is 2.76. The number of fused-ring (bicyclic) bond motifs is 1. The van der Waals surface area contributed by atoms with Crippen molar-refractivity contribution in [3.8, 4) is 0 Å². The molecule has 1 atom stereocenters. The Balaban J connectivity index is 1.86. The molecule has 0 bridgehead atoms. The molecule has 0 aliphatic heterocycles. The number of carbonyl (C=O) groups is 1. The van der Waals surface area contributed by atoms with Gasteiger partial charge in [0.2, 0.25) is 5.91 Å². The van der Waals surface area contributed by atoms with Crippen LogP contribution < -0.4 is 5.56 Å². The molecular weight excluding hydrogens is 304 g/mol. The molecule has 2 aromatic heterocycles. The summed E-state index contributed by atoms with van der Waals surface area (Å²) in [6, 6.07) is 11.5. The number of hydrogen-bond donors (Lipinski definition) is 1. The molecule has 0 saturated heterocycles. The molecule has 0 aliphatic carbocycles. The summed E-state index contributed by atoms with van der Waals surface area (Å²) in [5, 5.41) is 2.82. The summed E-state index contributed by atoms with van der Waals surface area (Å²) in [4.78, 5) is 31.2. The number of nitrogens with zero attached hydrogens (tertiary/aromatic N) is 3. The summed E-state index contributed by atoms with van der Waals surface area (Å²) >= 11 is 0. The van der Waals surface area contributed by atoms with Gasteiger partial charge in [-0.3, -0.25) is 14.7 Å². The van der Waals surface area contributed by atoms with Gasteiger partial charge in [-0.1, -0.05) is 30.3 Å². The summed E-state index contributed by atoms with van der Waals surface area (Å²) in [6.45, 7) is 3.73. The van der Waals surface area contributed by atoms with Gasteiger partial charge in [-0.25, -0.2) is 9.50 Å². The minimum absolute atomic E-state index is 0.0350. The summed E-state index contributed by atoms with van der Waals surface area (Å²) in [6.07, 6.45) is 1.69. The van der Waals surface area contributed by atoms with E-state index in [0.29, 0.717) is 16.9 Å². The predicted molar refractivity (Wildman–Crippen MR) is 91.9 cm³/mol. The van der Waals surface area contributed by atoms with Crippen LogP contribution in [-0.2, 0) is 11.2 Å². The van der Waals surface area contributed by atoms with Crippen LogP contribution in [0.5, 0.6) is 0 Å². The Kier molecular flexibility index (Phi) is 4.20. The molecule has 124 valence electrons. The van der Waals surface area contributed by atoms with Crippen LogP contribution in [0.1, 0.15) is 29.8 Å². The lowest BCUT2D eigenvalue weighted by molar-refractivity contribution is -0.131. The van der Waals surface area contributed by atoms with Crippen LogP contribution in [0.25, 0.3) is 5.65 Å². The third kappa shape index (κ3) is 2.82. The van der Waals surface area contributed by atoms with E-state index in [1.807, 2.05) is 37.3 Å². The lowest BCUT2D eigenvalue weighted by Gasteiger charge is -2.25. The zero-order valence-electron chi connectivity index (χ0n) is 14.0. The highest BCUT2D eigenvalue weighted by atomic mass is 16.2. The zero-order valence-corrected chi connectivity index (χ0v) is 14.0. The van der Waals surface area contributed by atoms with Crippen molar-refractivity contribution >= 4 is 11.6 Å². The number of rotatable bonds is 4. The quantitative estimate of drug-likeness (QED) is 0.799. The van der Waals surface area contributed by atoms with Crippen LogP contribution in [0, 0.1) is 6.92 Å². The number of nitrogens with one attached hydrogen (secondary N) is 1. The fourth-order valence-electron chi connectivity index (χ4n) is 2.76. The van der Waals surface area contributed by atoms with Gasteiger partial charge in [0.05, 0.1) is 12.5 Å². The highest BCUT2D eigenvalue weighted by molar-refractivity contribution is 5.79. The molecule has 0 spiro atoms. The normalized spacial score (nSPS) is 12.3. The van der Waals surface area contributed by atoms with E-state index in [1.165, 1.54) is 4.52 Å². The second-order valence-corrected chi connectivity index (χ2v) is 5.91. The van der Waals surface area contributed by atoms with Crippen molar-refractivity contribution in [1.82, 2.24) is 19.5 Å². The highest BCUT2D eigenvalue weighted by Crippen LogP contribution is 2.19. The Morgan fingerprint density at radius 2 is 2.00 bits per heavy atom. The summed E-state index contributed by atoms with van der Waals surface area (Å²) in [7, 11) is 1.76. The molecule has 0 aliphatic rings. The van der Waals surface area contributed by atoms with E-state index in [1.54, 1.807) is 31.1 Å². The van der Waals surface area contributed by atoms with E-state index in [2.05, 4.69) is 10.1 Å². The smallest absolute Gasteiger partial charge is 0.276 e. The first kappa shape index (κ1) is 16.0. The molecule has 3 rings (SSSR count). The molecule has 0 radical (unpaired) electrons. The molecule has 24 heavy (non-hydrogen) atoms. The standard InChI is InChI=1S/C18H20N4O2/c1-12-15(18(24)22-16(20-12)9-10-19-22)11-17(23)21(3)13(2)14-7-5-4-6-8-14/h4-10,13,19H,11H2,1-3H3. The topological polar surface area (TPSA) is 70.5 Å². The zero-order chi connectivity index (χ0) is 17.3. The Morgan fingerprint density at radius 3 is 2.71 bits per heavy atom. The van der Waals surface area contributed by atoms with Gasteiger partial charge in [-0.15, -0.1) is 0 Å². The van der Waals surface area contributed by atoms with Gasteiger partial charge in [0.1, 0.15) is 0 Å². The number of likely N-dealkylation sites (N-methyl/N-ethyl adjacent to an activating group) is 1. The van der Waals surface area contributed by atoms with E-state index in [4.69, 9.17) is 0 Å². The van der Waals surface area contributed by atoms with Crippen molar-refractivity contribution in [2.24, 2.45) is 0 Å². The second-order valence-electron chi connectivity index (χ2n) is 5.91. The molecule has 1 unspecified atom stereocenters. The lowest BCUT2D eigenvalue weighted by atomic mass is 10.1. The van der Waals surface area contributed by atoms with Gasteiger partial charge < -0.3 is 4.90 Å². The van der Waals surface area contributed by atoms with Crippen LogP contribution in [0.15, 0.2) is 47.4 Å². The van der Waals surface area contributed by atoms with Gasteiger partial charge >= 0.3 is 0 Å². The monoisotopic (exact) mass is 324 g/mol. The Hall–Kier alpha value is -2.89. The number of aromatic nitrogens is 3. The third-order valence-electron chi connectivity index (χ3n) is 4.43. The number of H-pyrrole nitrogens is 1. The number of carbonyl (C=O) groups excluding carboxylic acids is 1. The molecule has 2 heterocycles. The lowest BCUT2D eigenvalue weighted by Crippen LogP contribution is -2.33. The second kappa shape index (κ2) is 6.31. The van der Waals surface area contributed by atoms with Crippen LogP contribution >= 0.6 is 0 Å². The minimum Gasteiger partial charge on any atom is -0.339 e. The Labute approximate surface area is 139 Å². The largest absolute Gasteiger partial charge is 0.339 e. The van der Waals surface area contributed by atoms with Crippen molar-refractivity contribution in [1.29, 1.82) is 0 Å². The van der Waals surface area contributed by atoms with Gasteiger partial charge in [0.25, 0.3) is 5.56 Å². The predicted octanol–water partition coefficient (Wildman–Crippen LogP) is 2.09. The Bertz CT molecular complexity index is 927. The average Bonchev–Trinajstić information content (AvgIpc) is 3.06. The van der Waals surface area contributed by atoms with Gasteiger partial charge in [-0.05, 0) is 19.4 Å². The maximum Gasteiger partial charge on any atom is 0.276 e. The molecule has 6 heteroatoms. The first-order chi connectivity index (χ1) is 11.5. The van der Waals surface area contributed by atoms with Gasteiger partial charge in [0, 0.05) is 30.6 Å². The number of amides is 1. The SMILES string of the molecule is Cc1nc2cc[nH]n2c(=O)c1CC(=O)N(C)C(C)c1ccccc1. The molecular formula is C18H20N4O2. The first-order valence-corrected chi connectivity index (χ1v) is 7.85. The van der Waals surface area contributed by atoms with E-state index in [0.717, 1.165) is 5.56 Å². The van der Waals surface area contributed by atoms with Crippen molar-refractivity contribution in [2.75, 3.05) is 7.05 Å². The van der Waals surface area contributed by atoms with E-state index < -0.39 is 0 Å². The molecule has 6 nitrogen and oxygen atoms in total. The molecule has 0 fully saturated rings. The minimum atomic E-state index is -0.225. The molecule has 3 aromatic rings. The van der Waals surface area contributed by atoms with Crippen molar-refractivity contribution in [3.63, 3.8) is 0 Å². The molecule has 1 amide bonds. The molecule has 1 aromatic carbocycles. The van der Waals surface area contributed by atoms with Crippen LogP contribution in [0.3, 0.4) is 0 Å². The first-order valence-electron chi connectivity index (χ1n) is 7.85. The van der Waals surface area contributed by atoms with Crippen molar-refractivity contribution in [2.45, 2.75) is 26.3 Å². The maximum absolute atomic E-state index is 12.6. The molecule has 1 N–H and O–H groups in total. The summed E-state index contributed by atoms with van der Waals surface area (Å²) < 4.78 is 1.36. The van der Waals surface area contributed by atoms with Crippen molar-refractivity contribution in [3.05, 3.63) is 69.8 Å². The third-order valence-corrected chi connectivity index (χ3v) is 4.43. The van der Waals surface area contributed by atoms with E-state index >= 15 is 0 Å². The van der Waals surface area contributed by atoms with Gasteiger partial charge in [-0.2, -0.15) is 0 Å². The number of benzene rings is 1. The van der Waals surface area contributed by atoms with E-state index in [9.17, 15) is 9.59 Å². The van der Waals surface area contributed by atoms with Crippen molar-refractivity contribution < 1.29 is 4.79 Å². The average molecular weight is 324 g/mol. The maximum atomic E-state index is 12.6. The summed E-state index contributed by atoms with van der Waals surface area (Å²) in [5.74, 6) is -0.111. The van der Waals surface area contributed by atoms with Gasteiger partial charge in [0.15, 0.2) is 5.65 Å². The summed E-state index contributed by atoms with van der Waals surface area (Å²) in [5.41, 5.74) is 2.40. The van der Waals surface area contributed by atoms with Crippen LogP contribution in [-0.4, -0.2) is 32.5 Å². The number of hydrogen-bond acceptors (Lipinski definition) is 3.